The number of halogens is 3. The second-order valence-electron chi connectivity index (χ2n) is 5.14. The molecule has 2 aromatic carbocycles. The Balaban J connectivity index is 2.47. The molecule has 0 saturated heterocycles. The van der Waals surface area contributed by atoms with Crippen molar-refractivity contribution < 1.29 is 27.8 Å². The molecule has 0 aromatic heterocycles. The molecule has 0 amide bonds. The summed E-state index contributed by atoms with van der Waals surface area (Å²) in [5.74, 6) is -0.857. The van der Waals surface area contributed by atoms with E-state index in [-0.39, 0.29) is 28.4 Å². The normalized spacial score (nSPS) is 11.1. The molecule has 5 nitrogen and oxygen atoms in total. The number of ether oxygens (including phenoxy) is 3. The van der Waals surface area contributed by atoms with Gasteiger partial charge in [0, 0.05) is 10.6 Å². The van der Waals surface area contributed by atoms with Gasteiger partial charge in [-0.15, -0.1) is 0 Å². The lowest BCUT2D eigenvalue weighted by Crippen LogP contribution is -2.06. The van der Waals surface area contributed by atoms with Crippen LogP contribution in [0.25, 0.3) is 6.08 Å². The molecule has 140 valence electrons. The number of hydrogen-bond donors (Lipinski definition) is 0. The predicted molar refractivity (Wildman–Crippen MR) is 95.6 cm³/mol. The molecule has 0 aliphatic rings. The van der Waals surface area contributed by atoms with Crippen LogP contribution in [-0.4, -0.2) is 26.6 Å². The number of Topliss-reactive ketones (excluding diaryl/α,β-unsaturated/α-hetero) is 1. The molecule has 0 unspecified atom stereocenters. The summed E-state index contributed by atoms with van der Waals surface area (Å²) in [6.07, 6.45) is 1.30. The zero-order valence-electron chi connectivity index (χ0n) is 14.3. The summed E-state index contributed by atoms with van der Waals surface area (Å²) in [6, 6.07) is 10.6. The van der Waals surface area contributed by atoms with E-state index >= 15 is 0 Å². The molecule has 0 aliphatic carbocycles. The van der Waals surface area contributed by atoms with Crippen LogP contribution in [0.5, 0.6) is 17.2 Å². The van der Waals surface area contributed by atoms with Gasteiger partial charge in [0.25, 0.3) is 0 Å². The van der Waals surface area contributed by atoms with E-state index in [0.29, 0.717) is 10.6 Å². The van der Waals surface area contributed by atoms with E-state index < -0.39 is 12.4 Å². The van der Waals surface area contributed by atoms with Gasteiger partial charge in [-0.2, -0.15) is 14.0 Å². The van der Waals surface area contributed by atoms with Crippen LogP contribution in [0.4, 0.5) is 8.78 Å². The number of alkyl halides is 2. The predicted octanol–water partition coefficient (Wildman–Crippen LogP) is 4.75. The molecule has 0 heterocycles. The molecule has 0 spiro atoms. The maximum Gasteiger partial charge on any atom is 0.387 e. The average molecular weight is 394 g/mol. The number of allylic oxidation sites excluding steroid dienone is 1. The van der Waals surface area contributed by atoms with E-state index in [1.165, 1.54) is 56.7 Å². The Labute approximate surface area is 159 Å². The zero-order valence-corrected chi connectivity index (χ0v) is 15.1. The Morgan fingerprint density at radius 1 is 1.15 bits per heavy atom. The number of nitrogens with zero attached hydrogens (tertiary/aromatic N) is 1. The number of rotatable bonds is 7. The quantitative estimate of drug-likeness (QED) is 0.386. The molecule has 0 bridgehead atoms. The van der Waals surface area contributed by atoms with Crippen LogP contribution in [0, 0.1) is 11.3 Å². The minimum atomic E-state index is -3.07. The van der Waals surface area contributed by atoms with Crippen molar-refractivity contribution in [1.29, 1.82) is 5.26 Å². The Morgan fingerprint density at radius 2 is 1.70 bits per heavy atom. The van der Waals surface area contributed by atoms with Crippen LogP contribution in [0.1, 0.15) is 15.9 Å². The summed E-state index contributed by atoms with van der Waals surface area (Å²) < 4.78 is 39.7. The van der Waals surface area contributed by atoms with E-state index in [2.05, 4.69) is 4.74 Å². The minimum Gasteiger partial charge on any atom is -0.493 e. The maximum absolute atomic E-state index is 12.6. The number of nitriles is 1. The van der Waals surface area contributed by atoms with Crippen LogP contribution in [-0.2, 0) is 0 Å². The fourth-order valence-corrected chi connectivity index (χ4v) is 2.39. The van der Waals surface area contributed by atoms with Crippen molar-refractivity contribution in [3.8, 4) is 23.3 Å². The number of hydrogen-bond acceptors (Lipinski definition) is 5. The lowest BCUT2D eigenvalue weighted by atomic mass is 10.0. The molecule has 0 saturated carbocycles. The number of carbonyl (C=O) groups excluding carboxylic acids is 1. The third-order valence-electron chi connectivity index (χ3n) is 3.47. The van der Waals surface area contributed by atoms with Gasteiger partial charge in [0.15, 0.2) is 11.5 Å². The van der Waals surface area contributed by atoms with Crippen LogP contribution in [0.2, 0.25) is 5.02 Å². The summed E-state index contributed by atoms with van der Waals surface area (Å²) in [6.45, 7) is -3.07. The van der Waals surface area contributed by atoms with Crippen molar-refractivity contribution in [2.24, 2.45) is 0 Å². The monoisotopic (exact) mass is 393 g/mol. The van der Waals surface area contributed by atoms with Gasteiger partial charge in [0.1, 0.15) is 11.6 Å². The lowest BCUT2D eigenvalue weighted by molar-refractivity contribution is -0.0526. The highest BCUT2D eigenvalue weighted by Gasteiger charge is 2.19. The van der Waals surface area contributed by atoms with Crippen molar-refractivity contribution in [3.05, 3.63) is 58.1 Å². The fraction of sp³-hybridized carbons (Fsp3) is 0.158. The highest BCUT2D eigenvalue weighted by molar-refractivity contribution is 6.30. The van der Waals surface area contributed by atoms with E-state index in [9.17, 15) is 18.8 Å². The average Bonchev–Trinajstić information content (AvgIpc) is 2.66. The first-order chi connectivity index (χ1) is 12.9. The molecular weight excluding hydrogens is 380 g/mol. The Bertz CT molecular complexity index is 880. The number of methoxy groups -OCH3 is 2. The molecule has 27 heavy (non-hydrogen) atoms. The van der Waals surface area contributed by atoms with Crippen LogP contribution in [0.15, 0.2) is 42.0 Å². The largest absolute Gasteiger partial charge is 0.493 e. The van der Waals surface area contributed by atoms with Gasteiger partial charge in [0.2, 0.25) is 11.5 Å². The molecule has 0 N–H and O–H groups in total. The van der Waals surface area contributed by atoms with Crippen molar-refractivity contribution >= 4 is 23.5 Å². The summed E-state index contributed by atoms with van der Waals surface area (Å²) in [5.41, 5.74) is 0.455. The van der Waals surface area contributed by atoms with Gasteiger partial charge in [-0.25, -0.2) is 0 Å². The number of ketones is 1. The smallest absolute Gasteiger partial charge is 0.387 e. The molecule has 0 radical (unpaired) electrons. The first-order valence-corrected chi connectivity index (χ1v) is 7.90. The topological polar surface area (TPSA) is 68.5 Å². The third kappa shape index (κ3) is 4.96. The van der Waals surface area contributed by atoms with Crippen LogP contribution >= 0.6 is 11.6 Å². The van der Waals surface area contributed by atoms with Gasteiger partial charge >= 0.3 is 6.61 Å². The molecule has 8 heteroatoms. The third-order valence-corrected chi connectivity index (χ3v) is 3.72. The zero-order chi connectivity index (χ0) is 20.0. The molecule has 0 fully saturated rings. The van der Waals surface area contributed by atoms with Gasteiger partial charge in [0.05, 0.1) is 14.2 Å². The highest BCUT2D eigenvalue weighted by Crippen LogP contribution is 2.40. The van der Waals surface area contributed by atoms with Gasteiger partial charge in [-0.3, -0.25) is 4.79 Å². The second-order valence-corrected chi connectivity index (χ2v) is 5.58. The Hall–Kier alpha value is -3.11. The molecular formula is C19H14ClF2NO4. The van der Waals surface area contributed by atoms with Gasteiger partial charge in [-0.05, 0) is 48.0 Å². The van der Waals surface area contributed by atoms with Crippen molar-refractivity contribution in [2.75, 3.05) is 14.2 Å². The van der Waals surface area contributed by atoms with Gasteiger partial charge in [-0.1, -0.05) is 11.6 Å². The van der Waals surface area contributed by atoms with E-state index in [4.69, 9.17) is 21.1 Å². The Morgan fingerprint density at radius 3 is 2.15 bits per heavy atom. The lowest BCUT2D eigenvalue weighted by Gasteiger charge is -2.14. The molecule has 0 aliphatic heterocycles. The van der Waals surface area contributed by atoms with E-state index in [1.807, 2.05) is 6.07 Å². The Kier molecular flexibility index (Phi) is 6.74. The standard InChI is InChI=1S/C19H14ClF2NO4/c1-25-15-8-11(9-16(26-2)18(15)27-19(21)22)7-13(10-23)17(24)12-3-5-14(20)6-4-12/h3-9,19H,1-2H3/b13-7+. The first kappa shape index (κ1) is 20.2. The van der Waals surface area contributed by atoms with Crippen LogP contribution in [0.3, 0.4) is 0 Å². The summed E-state index contributed by atoms with van der Waals surface area (Å²) in [4.78, 5) is 12.5. The first-order valence-electron chi connectivity index (χ1n) is 7.52. The van der Waals surface area contributed by atoms with Crippen molar-refractivity contribution in [1.82, 2.24) is 0 Å². The number of benzene rings is 2. The minimum absolute atomic E-state index is 0.0304. The van der Waals surface area contributed by atoms with E-state index in [1.54, 1.807) is 0 Å². The fourth-order valence-electron chi connectivity index (χ4n) is 2.26. The molecule has 0 atom stereocenters. The van der Waals surface area contributed by atoms with Gasteiger partial charge < -0.3 is 14.2 Å². The summed E-state index contributed by atoms with van der Waals surface area (Å²) >= 11 is 5.79. The molecule has 2 aromatic rings. The van der Waals surface area contributed by atoms with E-state index in [0.717, 1.165) is 0 Å². The number of carbonyl (C=O) groups is 1. The second kappa shape index (κ2) is 9.01. The highest BCUT2D eigenvalue weighted by atomic mass is 35.5. The molecule has 2 rings (SSSR count). The van der Waals surface area contributed by atoms with Crippen LogP contribution < -0.4 is 14.2 Å². The summed E-state index contributed by atoms with van der Waals surface area (Å²) in [7, 11) is 2.54. The van der Waals surface area contributed by atoms with Crippen molar-refractivity contribution in [2.45, 2.75) is 6.61 Å². The maximum atomic E-state index is 12.6. The summed E-state index contributed by atoms with van der Waals surface area (Å²) in [5, 5.41) is 9.81. The SMILES string of the molecule is COc1cc(/C=C(\C#N)C(=O)c2ccc(Cl)cc2)cc(OC)c1OC(F)F. The van der Waals surface area contributed by atoms with Crippen molar-refractivity contribution in [3.63, 3.8) is 0 Å².